The van der Waals surface area contributed by atoms with Crippen LogP contribution in [0.4, 0.5) is 34.1 Å². The van der Waals surface area contributed by atoms with Crippen LogP contribution in [0.15, 0.2) is 121 Å². The lowest BCUT2D eigenvalue weighted by Crippen LogP contribution is -2.25. The SMILES string of the molecule is c1cc(N(c2ccc(-c3c4c(cc5c3CCCC5)CCCC4)cc2)c2c3c(c(N(c4ccc(-c5c6c(cc7c5CCCC7)CCCC6)cc4)c4ccc(-c5c6c(cc7c5CCCC7)CCCC6)cc4)c4c2CCCC4)CCCC3)ccc1-c1c2c(cc3c1CCCC3)CCCC2. The Morgan fingerprint density at radius 2 is 0.302 bits per heavy atom. The number of nitrogens with zero attached hydrogens (tertiary/aromatic N) is 2. The van der Waals surface area contributed by atoms with E-state index in [0.29, 0.717) is 0 Å². The maximum absolute atomic E-state index is 2.83. The van der Waals surface area contributed by atoms with Gasteiger partial charge in [-0.2, -0.15) is 0 Å². The summed E-state index contributed by atoms with van der Waals surface area (Å²) in [4.78, 5) is 5.65. The second-order valence-corrected chi connectivity index (χ2v) is 31.6. The molecule has 10 aliphatic rings. The van der Waals surface area contributed by atoms with Crippen molar-refractivity contribution in [1.29, 1.82) is 0 Å². The van der Waals surface area contributed by atoms with Gasteiger partial charge in [-0.05, 0) is 461 Å². The Morgan fingerprint density at radius 3 is 0.469 bits per heavy atom. The average Bonchev–Trinajstić information content (AvgIpc) is 0.726. The zero-order valence-electron chi connectivity index (χ0n) is 57.7. The molecule has 2 heteroatoms. The van der Waals surface area contributed by atoms with Crippen LogP contribution >= 0.6 is 0 Å². The lowest BCUT2D eigenvalue weighted by molar-refractivity contribution is 0.659. The molecule has 19 rings (SSSR count). The van der Waals surface area contributed by atoms with Crippen LogP contribution < -0.4 is 9.80 Å². The van der Waals surface area contributed by atoms with Gasteiger partial charge in [-0.25, -0.2) is 0 Å². The molecule has 10 aliphatic carbocycles. The van der Waals surface area contributed by atoms with Gasteiger partial charge in [0.15, 0.2) is 0 Å². The molecular weight excluding hydrogens is 1160 g/mol. The number of hydrogen-bond donors (Lipinski definition) is 0. The molecule has 0 atom stereocenters. The van der Waals surface area contributed by atoms with E-state index in [1.54, 1.807) is 134 Å². The smallest absolute Gasteiger partial charge is 0.0532 e. The van der Waals surface area contributed by atoms with Gasteiger partial charge in [0.1, 0.15) is 0 Å². The van der Waals surface area contributed by atoms with Gasteiger partial charge in [0, 0.05) is 22.7 Å². The molecule has 0 spiro atoms. The van der Waals surface area contributed by atoms with Crippen molar-refractivity contribution in [3.63, 3.8) is 0 Å². The molecule has 0 N–H and O–H groups in total. The first-order chi connectivity index (χ1) is 47.6. The third kappa shape index (κ3) is 10.4. The number of fused-ring (bicyclic) bond motifs is 10. The summed E-state index contributed by atoms with van der Waals surface area (Å²) in [5.41, 5.74) is 53.3. The molecule has 486 valence electrons. The number of hydrogen-bond acceptors (Lipinski definition) is 2. The van der Waals surface area contributed by atoms with E-state index in [4.69, 9.17) is 0 Å². The zero-order valence-corrected chi connectivity index (χ0v) is 57.7. The number of anilines is 6. The maximum atomic E-state index is 2.83. The second-order valence-electron chi connectivity index (χ2n) is 31.6. The zero-order chi connectivity index (χ0) is 63.2. The molecule has 0 unspecified atom stereocenters. The fourth-order valence-electron chi connectivity index (χ4n) is 21.6. The average molecular weight is 1260 g/mol. The van der Waals surface area contributed by atoms with Crippen molar-refractivity contribution in [2.45, 2.75) is 257 Å². The second kappa shape index (κ2) is 25.5. The van der Waals surface area contributed by atoms with E-state index in [0.717, 1.165) is 25.7 Å². The largest absolute Gasteiger partial charge is 0.310 e. The summed E-state index contributed by atoms with van der Waals surface area (Å²) in [7, 11) is 0. The quantitative estimate of drug-likeness (QED) is 0.126. The number of benzene rings is 9. The predicted molar refractivity (Wildman–Crippen MR) is 404 cm³/mol. The van der Waals surface area contributed by atoms with Gasteiger partial charge in [-0.15, -0.1) is 0 Å². The van der Waals surface area contributed by atoms with Gasteiger partial charge in [0.05, 0.1) is 11.4 Å². The van der Waals surface area contributed by atoms with E-state index in [-0.39, 0.29) is 0 Å². The van der Waals surface area contributed by atoms with Gasteiger partial charge in [0.25, 0.3) is 0 Å². The van der Waals surface area contributed by atoms with Crippen LogP contribution in [0.3, 0.4) is 0 Å². The minimum atomic E-state index is 1.10. The van der Waals surface area contributed by atoms with Crippen molar-refractivity contribution >= 4 is 34.1 Å². The first kappa shape index (κ1) is 59.8. The molecule has 0 saturated carbocycles. The highest BCUT2D eigenvalue weighted by Gasteiger charge is 2.36. The fraction of sp³-hybridized carbons (Fsp3) is 0.426. The molecular formula is C94H100N2. The Balaban J connectivity index is 0.804. The summed E-state index contributed by atoms with van der Waals surface area (Å²) in [5, 5.41) is 0. The molecule has 0 aliphatic heterocycles. The predicted octanol–water partition coefficient (Wildman–Crippen LogP) is 24.1. The third-order valence-electron chi connectivity index (χ3n) is 26.1. The minimum Gasteiger partial charge on any atom is -0.310 e. The molecule has 96 heavy (non-hydrogen) atoms. The maximum Gasteiger partial charge on any atom is 0.0532 e. The Bertz CT molecular complexity index is 3800. The number of aryl methyl sites for hydroxylation is 8. The summed E-state index contributed by atoms with van der Waals surface area (Å²) in [5.74, 6) is 0. The minimum absolute atomic E-state index is 1.10. The molecule has 9 aromatic rings. The summed E-state index contributed by atoms with van der Waals surface area (Å²) in [6.45, 7) is 0. The van der Waals surface area contributed by atoms with Crippen LogP contribution in [-0.2, 0) is 128 Å². The van der Waals surface area contributed by atoms with Crippen molar-refractivity contribution in [2.75, 3.05) is 9.80 Å². The van der Waals surface area contributed by atoms with Gasteiger partial charge < -0.3 is 9.80 Å². The van der Waals surface area contributed by atoms with E-state index in [1.807, 2.05) is 0 Å². The van der Waals surface area contributed by atoms with Crippen LogP contribution in [-0.4, -0.2) is 0 Å². The van der Waals surface area contributed by atoms with Gasteiger partial charge in [0.2, 0.25) is 0 Å². The molecule has 0 heterocycles. The molecule has 0 aromatic heterocycles. The molecule has 0 amide bonds. The summed E-state index contributed by atoms with van der Waals surface area (Å²) >= 11 is 0. The van der Waals surface area contributed by atoms with Crippen molar-refractivity contribution in [2.24, 2.45) is 0 Å². The molecule has 2 nitrogen and oxygen atoms in total. The van der Waals surface area contributed by atoms with Crippen LogP contribution in [0.5, 0.6) is 0 Å². The van der Waals surface area contributed by atoms with Crippen molar-refractivity contribution in [3.8, 4) is 44.5 Å². The van der Waals surface area contributed by atoms with E-state index >= 15 is 0 Å². The van der Waals surface area contributed by atoms with E-state index in [1.165, 1.54) is 288 Å². The highest BCUT2D eigenvalue weighted by molar-refractivity contribution is 5.93. The summed E-state index contributed by atoms with van der Waals surface area (Å²) in [6.07, 6.45) is 50.0. The molecule has 0 bridgehead atoms. The first-order valence-electron chi connectivity index (χ1n) is 39.5. The molecule has 0 radical (unpaired) electrons. The lowest BCUT2D eigenvalue weighted by Gasteiger charge is -2.40. The Hall–Kier alpha value is -7.42. The summed E-state index contributed by atoms with van der Waals surface area (Å²) in [6, 6.07) is 51.7. The van der Waals surface area contributed by atoms with E-state index in [9.17, 15) is 0 Å². The Kier molecular flexibility index (Phi) is 15.9. The van der Waals surface area contributed by atoms with Crippen LogP contribution in [0.2, 0.25) is 0 Å². The first-order valence-corrected chi connectivity index (χ1v) is 39.5. The monoisotopic (exact) mass is 1260 g/mol. The molecule has 0 fully saturated rings. The molecule has 0 saturated heterocycles. The van der Waals surface area contributed by atoms with Crippen LogP contribution in [0, 0.1) is 0 Å². The van der Waals surface area contributed by atoms with Crippen LogP contribution in [0.1, 0.15) is 240 Å². The van der Waals surface area contributed by atoms with Crippen molar-refractivity contribution < 1.29 is 0 Å². The Labute approximate surface area is 574 Å². The fourth-order valence-corrected chi connectivity index (χ4v) is 21.6. The van der Waals surface area contributed by atoms with Gasteiger partial charge in [-0.3, -0.25) is 0 Å². The third-order valence-corrected chi connectivity index (χ3v) is 26.1. The molecule has 9 aromatic carbocycles. The van der Waals surface area contributed by atoms with Gasteiger partial charge >= 0.3 is 0 Å². The van der Waals surface area contributed by atoms with Crippen molar-refractivity contribution in [3.05, 3.63) is 233 Å². The van der Waals surface area contributed by atoms with E-state index < -0.39 is 0 Å². The van der Waals surface area contributed by atoms with Gasteiger partial charge in [-0.1, -0.05) is 72.8 Å². The highest BCUT2D eigenvalue weighted by atomic mass is 15.2. The van der Waals surface area contributed by atoms with Crippen molar-refractivity contribution in [1.82, 2.24) is 0 Å². The standard InChI is InChI=1S/C94H100N2/c1-9-29-77-65(21-1)57-66-22-2-10-30-78(66)89(77)61-41-49-73(50-42-61)95(74-51-43-62(44-52-74)90-79-31-11-3-23-67(79)58-68-24-4-12-32-80(68)90)93-85-37-17-19-39-87(85)94(88-40-20-18-38-86(88)93)96(75-53-45-63(46-54-75)91-81-33-13-5-25-69(81)59-70-26-6-14-34-82(70)91)76-55-47-64(48-56-76)92-83-35-15-7-27-71(83)60-72-28-8-16-36-84(72)92/h41-60H,1-40H2. The highest BCUT2D eigenvalue weighted by Crippen LogP contribution is 2.55. The van der Waals surface area contributed by atoms with Crippen LogP contribution in [0.25, 0.3) is 44.5 Å². The lowest BCUT2D eigenvalue weighted by atomic mass is 9.77. The number of rotatable bonds is 10. The normalized spacial score (nSPS) is 18.4. The topological polar surface area (TPSA) is 6.48 Å². The van der Waals surface area contributed by atoms with E-state index in [2.05, 4.69) is 131 Å². The summed E-state index contributed by atoms with van der Waals surface area (Å²) < 4.78 is 0. The Morgan fingerprint density at radius 1 is 0.156 bits per heavy atom.